The van der Waals surface area contributed by atoms with Crippen LogP contribution in [0.15, 0.2) is 0 Å². The summed E-state index contributed by atoms with van der Waals surface area (Å²) in [4.78, 5) is 4.79. The molecule has 1 saturated heterocycles. The van der Waals surface area contributed by atoms with Crippen LogP contribution in [0.1, 0.15) is 25.7 Å². The maximum absolute atomic E-state index is 5.57. The fraction of sp³-hybridized carbons (Fsp3) is 1.00. The number of rotatable bonds is 1. The van der Waals surface area contributed by atoms with Gasteiger partial charge in [-0.2, -0.15) is 0 Å². The average molecular weight is 143 g/mol. The maximum Gasteiger partial charge on any atom is 0.0836 e. The predicted molar refractivity (Wildman–Crippen MR) is 36.2 cm³/mol. The van der Waals surface area contributed by atoms with Gasteiger partial charge in [0.15, 0.2) is 0 Å². The fourth-order valence-electron chi connectivity index (χ4n) is 1.59. The van der Waals surface area contributed by atoms with Crippen LogP contribution in [-0.2, 0) is 9.57 Å². The standard InChI is InChI=1S/C7H13NO2/c8-10-6-1-4-9-7(5-6)2-3-7/h6H,1-5,8H2. The summed E-state index contributed by atoms with van der Waals surface area (Å²) in [7, 11) is 0. The van der Waals surface area contributed by atoms with Crippen molar-refractivity contribution in [1.82, 2.24) is 0 Å². The van der Waals surface area contributed by atoms with Crippen LogP contribution in [0.5, 0.6) is 0 Å². The minimum absolute atomic E-state index is 0.197. The highest BCUT2D eigenvalue weighted by atomic mass is 16.6. The van der Waals surface area contributed by atoms with Crippen molar-refractivity contribution in [2.24, 2.45) is 5.90 Å². The lowest BCUT2D eigenvalue weighted by molar-refractivity contribution is -0.0864. The Morgan fingerprint density at radius 2 is 2.30 bits per heavy atom. The highest BCUT2D eigenvalue weighted by Crippen LogP contribution is 2.46. The minimum Gasteiger partial charge on any atom is -0.375 e. The van der Waals surface area contributed by atoms with E-state index in [1.54, 1.807) is 0 Å². The van der Waals surface area contributed by atoms with Crippen LogP contribution in [-0.4, -0.2) is 18.3 Å². The number of nitrogens with two attached hydrogens (primary N) is 1. The first kappa shape index (κ1) is 6.58. The predicted octanol–water partition coefficient (Wildman–Crippen LogP) is 0.588. The Morgan fingerprint density at radius 1 is 1.50 bits per heavy atom. The molecule has 2 rings (SSSR count). The lowest BCUT2D eigenvalue weighted by Crippen LogP contribution is -2.33. The quantitative estimate of drug-likeness (QED) is 0.546. The molecule has 0 aromatic heterocycles. The molecule has 1 unspecified atom stereocenters. The average Bonchev–Trinajstić information content (AvgIpc) is 2.70. The molecule has 0 radical (unpaired) electrons. The van der Waals surface area contributed by atoms with Gasteiger partial charge in [0.2, 0.25) is 0 Å². The third-order valence-corrected chi connectivity index (χ3v) is 2.45. The van der Waals surface area contributed by atoms with Crippen LogP contribution in [0.2, 0.25) is 0 Å². The van der Waals surface area contributed by atoms with Crippen molar-refractivity contribution in [3.8, 4) is 0 Å². The van der Waals surface area contributed by atoms with Gasteiger partial charge >= 0.3 is 0 Å². The highest BCUT2D eigenvalue weighted by Gasteiger charge is 2.47. The van der Waals surface area contributed by atoms with Crippen LogP contribution in [0.3, 0.4) is 0 Å². The van der Waals surface area contributed by atoms with Crippen molar-refractivity contribution in [3.63, 3.8) is 0 Å². The van der Waals surface area contributed by atoms with Crippen LogP contribution in [0.25, 0.3) is 0 Å². The van der Waals surface area contributed by atoms with Gasteiger partial charge in [0.25, 0.3) is 0 Å². The van der Waals surface area contributed by atoms with E-state index in [0.29, 0.717) is 0 Å². The molecule has 1 heterocycles. The van der Waals surface area contributed by atoms with Gasteiger partial charge in [-0.3, -0.25) is 0 Å². The van der Waals surface area contributed by atoms with Gasteiger partial charge in [-0.15, -0.1) is 0 Å². The molecule has 0 aromatic carbocycles. The summed E-state index contributed by atoms with van der Waals surface area (Å²) < 4.78 is 5.57. The van der Waals surface area contributed by atoms with Crippen molar-refractivity contribution in [3.05, 3.63) is 0 Å². The molecule has 2 fully saturated rings. The van der Waals surface area contributed by atoms with Crippen molar-refractivity contribution in [1.29, 1.82) is 0 Å². The molecule has 1 atom stereocenters. The van der Waals surface area contributed by atoms with E-state index in [4.69, 9.17) is 15.5 Å². The van der Waals surface area contributed by atoms with Crippen molar-refractivity contribution >= 4 is 0 Å². The van der Waals surface area contributed by atoms with E-state index in [2.05, 4.69) is 0 Å². The molecule has 2 aliphatic rings. The molecule has 10 heavy (non-hydrogen) atoms. The van der Waals surface area contributed by atoms with Crippen LogP contribution in [0.4, 0.5) is 0 Å². The Bertz CT molecular complexity index is 134. The third kappa shape index (κ3) is 1.05. The SMILES string of the molecule is NOC1CCOC2(CC2)C1. The van der Waals surface area contributed by atoms with E-state index >= 15 is 0 Å². The zero-order valence-corrected chi connectivity index (χ0v) is 6.01. The lowest BCUT2D eigenvalue weighted by atomic mass is 10.0. The summed E-state index contributed by atoms with van der Waals surface area (Å²) >= 11 is 0. The summed E-state index contributed by atoms with van der Waals surface area (Å²) in [6.07, 6.45) is 4.61. The number of hydrogen-bond acceptors (Lipinski definition) is 3. The van der Waals surface area contributed by atoms with Gasteiger partial charge < -0.3 is 9.57 Å². The molecule has 1 aliphatic carbocycles. The molecular formula is C7H13NO2. The van der Waals surface area contributed by atoms with Gasteiger partial charge in [0, 0.05) is 13.0 Å². The Labute approximate surface area is 60.4 Å². The van der Waals surface area contributed by atoms with Gasteiger partial charge in [0.05, 0.1) is 11.7 Å². The fourth-order valence-corrected chi connectivity index (χ4v) is 1.59. The Balaban J connectivity index is 1.91. The van der Waals surface area contributed by atoms with E-state index in [1.807, 2.05) is 0 Å². The summed E-state index contributed by atoms with van der Waals surface area (Å²) in [5.74, 6) is 5.10. The largest absolute Gasteiger partial charge is 0.375 e. The Kier molecular flexibility index (Phi) is 1.44. The first-order valence-corrected chi connectivity index (χ1v) is 3.84. The first-order valence-electron chi connectivity index (χ1n) is 3.84. The van der Waals surface area contributed by atoms with Crippen molar-refractivity contribution in [2.75, 3.05) is 6.61 Å². The van der Waals surface area contributed by atoms with E-state index in [9.17, 15) is 0 Å². The van der Waals surface area contributed by atoms with Gasteiger partial charge in [0.1, 0.15) is 0 Å². The van der Waals surface area contributed by atoms with E-state index in [1.165, 1.54) is 12.8 Å². The van der Waals surface area contributed by atoms with Crippen LogP contribution >= 0.6 is 0 Å². The second-order valence-electron chi connectivity index (χ2n) is 3.28. The zero-order chi connectivity index (χ0) is 7.03. The molecule has 3 nitrogen and oxygen atoms in total. The molecule has 1 spiro atoms. The number of ether oxygens (including phenoxy) is 1. The second kappa shape index (κ2) is 2.19. The van der Waals surface area contributed by atoms with Gasteiger partial charge in [-0.25, -0.2) is 5.90 Å². The monoisotopic (exact) mass is 143 g/mol. The molecule has 0 amide bonds. The lowest BCUT2D eigenvalue weighted by Gasteiger charge is -2.27. The molecule has 0 bridgehead atoms. The van der Waals surface area contributed by atoms with E-state index in [0.717, 1.165) is 19.4 Å². The van der Waals surface area contributed by atoms with Gasteiger partial charge in [-0.1, -0.05) is 0 Å². The highest BCUT2D eigenvalue weighted by molar-refractivity contribution is 4.99. The summed E-state index contributed by atoms with van der Waals surface area (Å²) in [6, 6.07) is 0. The zero-order valence-electron chi connectivity index (χ0n) is 6.01. The summed E-state index contributed by atoms with van der Waals surface area (Å²) in [5.41, 5.74) is 0.197. The molecule has 0 aromatic rings. The topological polar surface area (TPSA) is 44.5 Å². The molecule has 58 valence electrons. The number of hydrogen-bond donors (Lipinski definition) is 1. The molecule has 2 N–H and O–H groups in total. The van der Waals surface area contributed by atoms with Gasteiger partial charge in [-0.05, 0) is 19.3 Å². The molecule has 1 aliphatic heterocycles. The Hall–Kier alpha value is -0.120. The van der Waals surface area contributed by atoms with E-state index < -0.39 is 0 Å². The van der Waals surface area contributed by atoms with Crippen LogP contribution < -0.4 is 5.90 Å². The molecule has 3 heteroatoms. The first-order chi connectivity index (χ1) is 4.85. The maximum atomic E-state index is 5.57. The normalized spacial score (nSPS) is 36.3. The smallest absolute Gasteiger partial charge is 0.0836 e. The summed E-state index contributed by atoms with van der Waals surface area (Å²) in [5, 5.41) is 0. The van der Waals surface area contributed by atoms with Crippen molar-refractivity contribution in [2.45, 2.75) is 37.4 Å². The minimum atomic E-state index is 0.197. The van der Waals surface area contributed by atoms with Crippen LogP contribution in [0, 0.1) is 0 Å². The Morgan fingerprint density at radius 3 is 2.90 bits per heavy atom. The van der Waals surface area contributed by atoms with Crippen molar-refractivity contribution < 1.29 is 9.57 Å². The molecule has 1 saturated carbocycles. The molecular weight excluding hydrogens is 130 g/mol. The third-order valence-electron chi connectivity index (χ3n) is 2.45. The van der Waals surface area contributed by atoms with E-state index in [-0.39, 0.29) is 11.7 Å². The summed E-state index contributed by atoms with van der Waals surface area (Å²) in [6.45, 7) is 0.821. The second-order valence-corrected chi connectivity index (χ2v) is 3.28.